The summed E-state index contributed by atoms with van der Waals surface area (Å²) in [6.07, 6.45) is 2.71. The monoisotopic (exact) mass is 240 g/mol. The topological polar surface area (TPSA) is 15.3 Å². The van der Waals surface area contributed by atoms with Gasteiger partial charge in [-0.1, -0.05) is 34.6 Å². The highest BCUT2D eigenvalue weighted by Crippen LogP contribution is 2.16. The van der Waals surface area contributed by atoms with Crippen molar-refractivity contribution in [1.82, 2.24) is 10.2 Å². The number of nitrogens with zero attached hydrogens (tertiary/aromatic N) is 1. The van der Waals surface area contributed by atoms with Crippen molar-refractivity contribution in [3.8, 4) is 0 Å². The molecule has 17 heavy (non-hydrogen) atoms. The quantitative estimate of drug-likeness (QED) is 0.768. The number of hydrogen-bond acceptors (Lipinski definition) is 2. The van der Waals surface area contributed by atoms with Crippen molar-refractivity contribution < 1.29 is 0 Å². The molecule has 0 aromatic rings. The summed E-state index contributed by atoms with van der Waals surface area (Å²) in [5.74, 6) is 2.45. The Labute approximate surface area is 108 Å². The SMILES string of the molecule is CC(C)CN(CC(C)C)CC1CC(C)CCN1. The van der Waals surface area contributed by atoms with E-state index in [1.165, 1.54) is 39.0 Å². The Morgan fingerprint density at radius 1 is 1.12 bits per heavy atom. The lowest BCUT2D eigenvalue weighted by molar-refractivity contribution is 0.174. The fourth-order valence-electron chi connectivity index (χ4n) is 2.93. The molecule has 0 aliphatic carbocycles. The number of nitrogens with one attached hydrogen (secondary N) is 1. The average Bonchev–Trinajstić information content (AvgIpc) is 2.14. The Morgan fingerprint density at radius 3 is 2.18 bits per heavy atom. The van der Waals surface area contributed by atoms with Crippen LogP contribution in [0.25, 0.3) is 0 Å². The van der Waals surface area contributed by atoms with E-state index in [4.69, 9.17) is 0 Å². The van der Waals surface area contributed by atoms with Crippen molar-refractivity contribution in [1.29, 1.82) is 0 Å². The standard InChI is InChI=1S/C15H32N2/c1-12(2)9-17(10-13(3)4)11-15-8-14(5)6-7-16-15/h12-16H,6-11H2,1-5H3. The molecule has 0 aromatic carbocycles. The molecule has 2 nitrogen and oxygen atoms in total. The van der Waals surface area contributed by atoms with Crippen LogP contribution in [0.4, 0.5) is 0 Å². The van der Waals surface area contributed by atoms with Gasteiger partial charge >= 0.3 is 0 Å². The zero-order valence-electron chi connectivity index (χ0n) is 12.5. The third kappa shape index (κ3) is 6.42. The first-order valence-electron chi connectivity index (χ1n) is 7.43. The third-order valence-electron chi connectivity index (χ3n) is 3.48. The highest BCUT2D eigenvalue weighted by Gasteiger charge is 2.21. The van der Waals surface area contributed by atoms with Crippen LogP contribution in [0, 0.1) is 17.8 Å². The summed E-state index contributed by atoms with van der Waals surface area (Å²) >= 11 is 0. The maximum atomic E-state index is 3.68. The Hall–Kier alpha value is -0.0800. The molecular formula is C15H32N2. The predicted molar refractivity (Wildman–Crippen MR) is 76.3 cm³/mol. The molecule has 102 valence electrons. The Balaban J connectivity index is 2.40. The van der Waals surface area contributed by atoms with Crippen LogP contribution < -0.4 is 5.32 Å². The van der Waals surface area contributed by atoms with Crippen molar-refractivity contribution >= 4 is 0 Å². The molecule has 1 saturated heterocycles. The first-order valence-corrected chi connectivity index (χ1v) is 7.43. The maximum absolute atomic E-state index is 3.68. The van der Waals surface area contributed by atoms with Gasteiger partial charge in [-0.2, -0.15) is 0 Å². The van der Waals surface area contributed by atoms with Crippen molar-refractivity contribution in [2.24, 2.45) is 17.8 Å². The molecule has 2 unspecified atom stereocenters. The summed E-state index contributed by atoms with van der Waals surface area (Å²) in [6, 6.07) is 0.719. The van der Waals surface area contributed by atoms with E-state index in [2.05, 4.69) is 44.8 Å². The Morgan fingerprint density at radius 2 is 1.71 bits per heavy atom. The second-order valence-electron chi connectivity index (χ2n) is 6.79. The Kier molecular flexibility index (Phi) is 6.50. The Bertz CT molecular complexity index is 191. The van der Waals surface area contributed by atoms with Gasteiger partial charge in [-0.15, -0.1) is 0 Å². The zero-order chi connectivity index (χ0) is 12.8. The predicted octanol–water partition coefficient (Wildman–Crippen LogP) is 2.99. The van der Waals surface area contributed by atoms with Gasteiger partial charge < -0.3 is 10.2 Å². The van der Waals surface area contributed by atoms with E-state index >= 15 is 0 Å². The van der Waals surface area contributed by atoms with Gasteiger partial charge in [0.05, 0.1) is 0 Å². The molecule has 0 bridgehead atoms. The van der Waals surface area contributed by atoms with Gasteiger partial charge in [0.25, 0.3) is 0 Å². The number of rotatable bonds is 6. The number of hydrogen-bond donors (Lipinski definition) is 1. The minimum atomic E-state index is 0.719. The fraction of sp³-hybridized carbons (Fsp3) is 1.00. The van der Waals surface area contributed by atoms with Crippen LogP contribution in [-0.2, 0) is 0 Å². The molecule has 0 aromatic heterocycles. The maximum Gasteiger partial charge on any atom is 0.0197 e. The van der Waals surface area contributed by atoms with E-state index in [0.717, 1.165) is 23.8 Å². The molecule has 1 aliphatic rings. The summed E-state index contributed by atoms with van der Waals surface area (Å²) in [5.41, 5.74) is 0. The molecular weight excluding hydrogens is 208 g/mol. The van der Waals surface area contributed by atoms with E-state index in [1.54, 1.807) is 0 Å². The van der Waals surface area contributed by atoms with E-state index in [9.17, 15) is 0 Å². The van der Waals surface area contributed by atoms with Gasteiger partial charge in [-0.05, 0) is 37.1 Å². The summed E-state index contributed by atoms with van der Waals surface area (Å²) in [6.45, 7) is 16.6. The summed E-state index contributed by atoms with van der Waals surface area (Å²) in [4.78, 5) is 2.66. The molecule has 1 fully saturated rings. The molecule has 0 radical (unpaired) electrons. The van der Waals surface area contributed by atoms with Gasteiger partial charge in [-0.3, -0.25) is 0 Å². The van der Waals surface area contributed by atoms with Crippen LogP contribution in [0.15, 0.2) is 0 Å². The van der Waals surface area contributed by atoms with Gasteiger partial charge in [0.2, 0.25) is 0 Å². The normalized spacial score (nSPS) is 26.1. The highest BCUT2D eigenvalue weighted by molar-refractivity contribution is 4.80. The number of piperidine rings is 1. The molecule has 0 spiro atoms. The van der Waals surface area contributed by atoms with E-state index < -0.39 is 0 Å². The van der Waals surface area contributed by atoms with Crippen LogP contribution in [0.1, 0.15) is 47.5 Å². The van der Waals surface area contributed by atoms with Crippen molar-refractivity contribution in [2.45, 2.75) is 53.5 Å². The lowest BCUT2D eigenvalue weighted by Gasteiger charge is -2.34. The van der Waals surface area contributed by atoms with Crippen molar-refractivity contribution in [3.05, 3.63) is 0 Å². The zero-order valence-corrected chi connectivity index (χ0v) is 12.5. The van der Waals surface area contributed by atoms with Crippen molar-refractivity contribution in [3.63, 3.8) is 0 Å². The summed E-state index contributed by atoms with van der Waals surface area (Å²) in [7, 11) is 0. The lowest BCUT2D eigenvalue weighted by atomic mass is 9.94. The first kappa shape index (κ1) is 15.0. The van der Waals surface area contributed by atoms with Gasteiger partial charge in [0.15, 0.2) is 0 Å². The van der Waals surface area contributed by atoms with Crippen LogP contribution in [0.5, 0.6) is 0 Å². The van der Waals surface area contributed by atoms with Gasteiger partial charge in [0, 0.05) is 25.7 Å². The summed E-state index contributed by atoms with van der Waals surface area (Å²) in [5, 5.41) is 3.68. The lowest BCUT2D eigenvalue weighted by Crippen LogP contribution is -2.47. The molecule has 2 heteroatoms. The molecule has 0 saturated carbocycles. The smallest absolute Gasteiger partial charge is 0.0197 e. The van der Waals surface area contributed by atoms with Gasteiger partial charge in [0.1, 0.15) is 0 Å². The van der Waals surface area contributed by atoms with Gasteiger partial charge in [-0.25, -0.2) is 0 Å². The largest absolute Gasteiger partial charge is 0.313 e. The van der Waals surface area contributed by atoms with Crippen LogP contribution in [0.3, 0.4) is 0 Å². The average molecular weight is 240 g/mol. The second-order valence-corrected chi connectivity index (χ2v) is 6.79. The first-order chi connectivity index (χ1) is 7.97. The second kappa shape index (κ2) is 7.38. The summed E-state index contributed by atoms with van der Waals surface area (Å²) < 4.78 is 0. The third-order valence-corrected chi connectivity index (χ3v) is 3.48. The molecule has 1 rings (SSSR count). The minimum Gasteiger partial charge on any atom is -0.313 e. The molecule has 1 heterocycles. The van der Waals surface area contributed by atoms with E-state index in [1.807, 2.05) is 0 Å². The fourth-order valence-corrected chi connectivity index (χ4v) is 2.93. The van der Waals surface area contributed by atoms with E-state index in [-0.39, 0.29) is 0 Å². The van der Waals surface area contributed by atoms with Crippen LogP contribution >= 0.6 is 0 Å². The van der Waals surface area contributed by atoms with Crippen LogP contribution in [0.2, 0.25) is 0 Å². The highest BCUT2D eigenvalue weighted by atomic mass is 15.2. The molecule has 0 amide bonds. The van der Waals surface area contributed by atoms with E-state index in [0.29, 0.717) is 0 Å². The molecule has 1 aliphatic heterocycles. The minimum absolute atomic E-state index is 0.719. The van der Waals surface area contributed by atoms with Crippen LogP contribution in [-0.4, -0.2) is 37.1 Å². The van der Waals surface area contributed by atoms with Crippen molar-refractivity contribution in [2.75, 3.05) is 26.2 Å². The molecule has 2 atom stereocenters. The molecule has 1 N–H and O–H groups in total.